The molecule has 0 aromatic heterocycles. The Kier molecular flexibility index (Phi) is 6.02. The Labute approximate surface area is 121 Å². The molecule has 1 amide bonds. The number of methoxy groups -OCH3 is 1. The lowest BCUT2D eigenvalue weighted by molar-refractivity contribution is -0.119. The van der Waals surface area contributed by atoms with Crippen LogP contribution in [0.2, 0.25) is 0 Å². The van der Waals surface area contributed by atoms with Crippen LogP contribution < -0.4 is 10.6 Å². The highest BCUT2D eigenvalue weighted by molar-refractivity contribution is 5.78. The van der Waals surface area contributed by atoms with E-state index in [2.05, 4.69) is 31.4 Å². The minimum absolute atomic E-state index is 0.0286. The van der Waals surface area contributed by atoms with Gasteiger partial charge in [-0.25, -0.2) is 0 Å². The van der Waals surface area contributed by atoms with E-state index in [1.807, 2.05) is 24.3 Å². The van der Waals surface area contributed by atoms with Gasteiger partial charge < -0.3 is 15.4 Å². The molecular weight excluding hydrogens is 252 g/mol. The summed E-state index contributed by atoms with van der Waals surface area (Å²) in [7, 11) is 3.39. The van der Waals surface area contributed by atoms with Crippen LogP contribution in [0.15, 0.2) is 24.3 Å². The number of nitrogens with one attached hydrogen (secondary N) is 2. The number of carbonyl (C=O) groups excluding carboxylic acids is 1. The zero-order valence-corrected chi connectivity index (χ0v) is 13.1. The molecule has 0 aliphatic carbocycles. The first-order valence-electron chi connectivity index (χ1n) is 6.97. The Hall–Kier alpha value is -1.55. The fourth-order valence-corrected chi connectivity index (χ4v) is 2.15. The Morgan fingerprint density at radius 1 is 1.30 bits per heavy atom. The van der Waals surface area contributed by atoms with Crippen LogP contribution in [-0.4, -0.2) is 31.7 Å². The molecule has 1 aromatic rings. The predicted molar refractivity (Wildman–Crippen MR) is 83.0 cm³/mol. The van der Waals surface area contributed by atoms with Gasteiger partial charge in [-0.2, -0.15) is 0 Å². The van der Waals surface area contributed by atoms with Gasteiger partial charge in [0.25, 0.3) is 0 Å². The van der Waals surface area contributed by atoms with Crippen molar-refractivity contribution in [3.63, 3.8) is 0 Å². The molecule has 0 heterocycles. The molecule has 20 heavy (non-hydrogen) atoms. The van der Waals surface area contributed by atoms with Crippen molar-refractivity contribution in [2.45, 2.75) is 45.3 Å². The van der Waals surface area contributed by atoms with Gasteiger partial charge in [-0.15, -0.1) is 0 Å². The summed E-state index contributed by atoms with van der Waals surface area (Å²) in [6, 6.07) is 8.29. The molecule has 0 radical (unpaired) electrons. The van der Waals surface area contributed by atoms with Crippen LogP contribution in [0.4, 0.5) is 5.69 Å². The fourth-order valence-electron chi connectivity index (χ4n) is 2.15. The highest BCUT2D eigenvalue weighted by atomic mass is 16.5. The topological polar surface area (TPSA) is 50.4 Å². The average Bonchev–Trinajstić information content (AvgIpc) is 2.40. The second kappa shape index (κ2) is 7.29. The van der Waals surface area contributed by atoms with Crippen LogP contribution >= 0.6 is 0 Å². The number of rotatable bonds is 7. The van der Waals surface area contributed by atoms with Gasteiger partial charge in [-0.3, -0.25) is 4.79 Å². The molecule has 1 unspecified atom stereocenters. The number of benzene rings is 1. The number of anilines is 1. The summed E-state index contributed by atoms with van der Waals surface area (Å²) in [6.45, 7) is 6.30. The normalized spacial score (nSPS) is 12.8. The van der Waals surface area contributed by atoms with Crippen molar-refractivity contribution in [1.29, 1.82) is 0 Å². The third-order valence-corrected chi connectivity index (χ3v) is 3.36. The molecule has 4 nitrogen and oxygen atoms in total. The molecule has 1 atom stereocenters. The first kappa shape index (κ1) is 16.5. The summed E-state index contributed by atoms with van der Waals surface area (Å²) < 4.78 is 5.44. The average molecular weight is 278 g/mol. The zero-order chi connectivity index (χ0) is 15.2. The van der Waals surface area contributed by atoms with Crippen molar-refractivity contribution in [2.24, 2.45) is 0 Å². The largest absolute Gasteiger partial charge is 0.382 e. The maximum absolute atomic E-state index is 11.3. The van der Waals surface area contributed by atoms with E-state index in [1.165, 1.54) is 0 Å². The van der Waals surface area contributed by atoms with Gasteiger partial charge >= 0.3 is 0 Å². The van der Waals surface area contributed by atoms with E-state index >= 15 is 0 Å². The van der Waals surface area contributed by atoms with Crippen LogP contribution in [0.5, 0.6) is 0 Å². The van der Waals surface area contributed by atoms with E-state index in [0.717, 1.165) is 17.7 Å². The van der Waals surface area contributed by atoms with Crippen LogP contribution in [0, 0.1) is 0 Å². The molecule has 1 aromatic carbocycles. The lowest BCUT2D eigenvalue weighted by Gasteiger charge is -2.27. The Balaban J connectivity index is 2.55. The SMILES string of the molecule is CNC(=O)Cc1ccc(NC(C)CC(C)(C)OC)cc1. The molecule has 0 aliphatic rings. The molecule has 0 fully saturated rings. The van der Waals surface area contributed by atoms with Crippen molar-refractivity contribution in [1.82, 2.24) is 5.32 Å². The number of hydrogen-bond donors (Lipinski definition) is 2. The second-order valence-electron chi connectivity index (χ2n) is 5.76. The number of amides is 1. The van der Waals surface area contributed by atoms with Gasteiger partial charge in [0, 0.05) is 25.9 Å². The van der Waals surface area contributed by atoms with Crippen molar-refractivity contribution < 1.29 is 9.53 Å². The smallest absolute Gasteiger partial charge is 0.224 e. The minimum atomic E-state index is -0.133. The molecule has 2 N–H and O–H groups in total. The van der Waals surface area contributed by atoms with Gasteiger partial charge in [-0.05, 0) is 44.9 Å². The van der Waals surface area contributed by atoms with Crippen LogP contribution in [0.1, 0.15) is 32.8 Å². The predicted octanol–water partition coefficient (Wildman–Crippen LogP) is 2.59. The van der Waals surface area contributed by atoms with E-state index in [1.54, 1.807) is 14.2 Å². The highest BCUT2D eigenvalue weighted by Crippen LogP contribution is 2.19. The number of hydrogen-bond acceptors (Lipinski definition) is 3. The third kappa shape index (κ3) is 5.61. The van der Waals surface area contributed by atoms with Crippen molar-refractivity contribution in [3.8, 4) is 0 Å². The van der Waals surface area contributed by atoms with E-state index in [4.69, 9.17) is 4.74 Å². The molecule has 0 bridgehead atoms. The molecule has 0 saturated heterocycles. The van der Waals surface area contributed by atoms with E-state index in [-0.39, 0.29) is 11.5 Å². The lowest BCUT2D eigenvalue weighted by atomic mass is 9.99. The zero-order valence-electron chi connectivity index (χ0n) is 13.1. The quantitative estimate of drug-likeness (QED) is 0.806. The number of likely N-dealkylation sites (N-methyl/N-ethyl adjacent to an activating group) is 1. The minimum Gasteiger partial charge on any atom is -0.382 e. The Morgan fingerprint density at radius 2 is 1.90 bits per heavy atom. The van der Waals surface area contributed by atoms with Gasteiger partial charge in [0.1, 0.15) is 0 Å². The molecule has 0 saturated carbocycles. The summed E-state index contributed by atoms with van der Waals surface area (Å²) in [5, 5.41) is 6.07. The van der Waals surface area contributed by atoms with Gasteiger partial charge in [-0.1, -0.05) is 12.1 Å². The maximum atomic E-state index is 11.3. The monoisotopic (exact) mass is 278 g/mol. The summed E-state index contributed by atoms with van der Waals surface area (Å²) in [5.74, 6) is 0.0286. The first-order chi connectivity index (χ1) is 9.36. The van der Waals surface area contributed by atoms with Crippen molar-refractivity contribution in [2.75, 3.05) is 19.5 Å². The first-order valence-corrected chi connectivity index (χ1v) is 6.97. The highest BCUT2D eigenvalue weighted by Gasteiger charge is 2.19. The Bertz CT molecular complexity index is 427. The summed E-state index contributed by atoms with van der Waals surface area (Å²) in [6.07, 6.45) is 1.34. The summed E-state index contributed by atoms with van der Waals surface area (Å²) in [4.78, 5) is 11.3. The van der Waals surface area contributed by atoms with E-state index in [0.29, 0.717) is 12.5 Å². The van der Waals surface area contributed by atoms with E-state index in [9.17, 15) is 4.79 Å². The molecule has 1 rings (SSSR count). The number of carbonyl (C=O) groups is 1. The van der Waals surface area contributed by atoms with Crippen LogP contribution in [0.3, 0.4) is 0 Å². The van der Waals surface area contributed by atoms with Gasteiger partial charge in [0.2, 0.25) is 5.91 Å². The van der Waals surface area contributed by atoms with Crippen molar-refractivity contribution >= 4 is 11.6 Å². The van der Waals surface area contributed by atoms with Crippen molar-refractivity contribution in [3.05, 3.63) is 29.8 Å². The molecule has 112 valence electrons. The maximum Gasteiger partial charge on any atom is 0.224 e. The fraction of sp³-hybridized carbons (Fsp3) is 0.562. The summed E-state index contributed by atoms with van der Waals surface area (Å²) in [5.41, 5.74) is 1.94. The molecule has 0 aliphatic heterocycles. The van der Waals surface area contributed by atoms with Gasteiger partial charge in [0.05, 0.1) is 12.0 Å². The van der Waals surface area contributed by atoms with Gasteiger partial charge in [0.15, 0.2) is 0 Å². The molecule has 0 spiro atoms. The molecular formula is C16H26N2O2. The third-order valence-electron chi connectivity index (χ3n) is 3.36. The Morgan fingerprint density at radius 3 is 2.40 bits per heavy atom. The lowest BCUT2D eigenvalue weighted by Crippen LogP contribution is -2.31. The second-order valence-corrected chi connectivity index (χ2v) is 5.76. The standard InChI is InChI=1S/C16H26N2O2/c1-12(11-16(2,3)20-5)18-14-8-6-13(7-9-14)10-15(19)17-4/h6-9,12,18H,10-11H2,1-5H3,(H,17,19). The van der Waals surface area contributed by atoms with Crippen LogP contribution in [-0.2, 0) is 16.0 Å². The summed E-state index contributed by atoms with van der Waals surface area (Å²) >= 11 is 0. The number of ether oxygens (including phenoxy) is 1. The molecule has 4 heteroatoms. The van der Waals surface area contributed by atoms with E-state index < -0.39 is 0 Å². The van der Waals surface area contributed by atoms with Crippen LogP contribution in [0.25, 0.3) is 0 Å².